The molecule has 0 amide bonds. The lowest BCUT2D eigenvalue weighted by Crippen LogP contribution is -2.10. The van der Waals surface area contributed by atoms with E-state index in [0.29, 0.717) is 13.2 Å². The molecular weight excluding hydrogens is 254 g/mol. The fourth-order valence-corrected chi connectivity index (χ4v) is 1.92. The van der Waals surface area contributed by atoms with Gasteiger partial charge in [-0.15, -0.1) is 0 Å². The maximum Gasteiger partial charge on any atom is 0.142 e. The summed E-state index contributed by atoms with van der Waals surface area (Å²) < 4.78 is 10.8. The summed E-state index contributed by atoms with van der Waals surface area (Å²) in [5.41, 5.74) is 3.17. The third-order valence-electron chi connectivity index (χ3n) is 3.04. The summed E-state index contributed by atoms with van der Waals surface area (Å²) in [4.78, 5) is 0. The summed E-state index contributed by atoms with van der Waals surface area (Å²) in [5, 5.41) is 10.4. The van der Waals surface area contributed by atoms with Gasteiger partial charge in [-0.25, -0.2) is 0 Å². The maximum absolute atomic E-state index is 5.76. The number of ether oxygens (including phenoxy) is 2. The van der Waals surface area contributed by atoms with Crippen LogP contribution in [-0.2, 0) is 4.74 Å². The molecule has 0 radical (unpaired) electrons. The topological polar surface area (TPSA) is 59.2 Å². The molecule has 0 saturated carbocycles. The Bertz CT molecular complexity index is 526. The third kappa shape index (κ3) is 3.74. The van der Waals surface area contributed by atoms with Gasteiger partial charge in [0, 0.05) is 13.3 Å². The first-order valence-electron chi connectivity index (χ1n) is 6.69. The Balaban J connectivity index is 2.09. The molecule has 0 fully saturated rings. The van der Waals surface area contributed by atoms with Crippen LogP contribution < -0.4 is 10.1 Å². The van der Waals surface area contributed by atoms with Gasteiger partial charge in [0.25, 0.3) is 0 Å². The molecule has 0 saturated heterocycles. The van der Waals surface area contributed by atoms with Crippen molar-refractivity contribution in [2.75, 3.05) is 25.6 Å². The second kappa shape index (κ2) is 6.96. The first-order chi connectivity index (χ1) is 9.70. The van der Waals surface area contributed by atoms with Gasteiger partial charge in [-0.2, -0.15) is 5.10 Å². The van der Waals surface area contributed by atoms with Crippen molar-refractivity contribution in [2.45, 2.75) is 19.9 Å². The van der Waals surface area contributed by atoms with Crippen molar-refractivity contribution in [1.29, 1.82) is 0 Å². The van der Waals surface area contributed by atoms with Crippen LogP contribution in [0.4, 0.5) is 5.69 Å². The standard InChI is InChI=1S/C15H21N3O2/c1-11-4-5-14(15(10-11)20-9-8-19-3)17-12(2)13-6-7-16-18-13/h4-7,10,12,17H,8-9H2,1-3H3,(H,16,18). The first kappa shape index (κ1) is 14.4. The normalized spacial score (nSPS) is 12.2. The molecule has 0 spiro atoms. The smallest absolute Gasteiger partial charge is 0.142 e. The van der Waals surface area contributed by atoms with Crippen LogP contribution in [0, 0.1) is 6.92 Å². The molecule has 2 rings (SSSR count). The van der Waals surface area contributed by atoms with Crippen molar-refractivity contribution < 1.29 is 9.47 Å². The van der Waals surface area contributed by atoms with E-state index in [1.54, 1.807) is 13.3 Å². The number of H-pyrrole nitrogens is 1. The Kier molecular flexibility index (Phi) is 5.01. The van der Waals surface area contributed by atoms with Crippen molar-refractivity contribution >= 4 is 5.69 Å². The lowest BCUT2D eigenvalue weighted by atomic mass is 10.1. The molecule has 1 atom stereocenters. The summed E-state index contributed by atoms with van der Waals surface area (Å²) in [6, 6.07) is 8.20. The van der Waals surface area contributed by atoms with Crippen LogP contribution in [0.1, 0.15) is 24.2 Å². The van der Waals surface area contributed by atoms with Crippen LogP contribution in [-0.4, -0.2) is 30.5 Å². The monoisotopic (exact) mass is 275 g/mol. The molecule has 108 valence electrons. The zero-order valence-corrected chi connectivity index (χ0v) is 12.1. The van der Waals surface area contributed by atoms with E-state index in [9.17, 15) is 0 Å². The maximum atomic E-state index is 5.76. The molecular formula is C15H21N3O2. The molecule has 1 aromatic heterocycles. The molecule has 0 bridgehead atoms. The predicted octanol–water partition coefficient (Wildman–Crippen LogP) is 2.92. The molecule has 1 aromatic carbocycles. The number of hydrogen-bond acceptors (Lipinski definition) is 4. The van der Waals surface area contributed by atoms with Crippen molar-refractivity contribution in [3.63, 3.8) is 0 Å². The predicted molar refractivity (Wildman–Crippen MR) is 79.2 cm³/mol. The van der Waals surface area contributed by atoms with Crippen molar-refractivity contribution in [3.05, 3.63) is 41.7 Å². The largest absolute Gasteiger partial charge is 0.489 e. The molecule has 2 aromatic rings. The fourth-order valence-electron chi connectivity index (χ4n) is 1.92. The second-order valence-corrected chi connectivity index (χ2v) is 4.72. The van der Waals surface area contributed by atoms with E-state index in [1.165, 1.54) is 0 Å². The Morgan fingerprint density at radius 2 is 2.15 bits per heavy atom. The van der Waals surface area contributed by atoms with E-state index in [1.807, 2.05) is 25.1 Å². The Morgan fingerprint density at radius 3 is 2.85 bits per heavy atom. The number of aryl methyl sites for hydroxylation is 1. The molecule has 0 aliphatic heterocycles. The summed E-state index contributed by atoms with van der Waals surface area (Å²) in [5.74, 6) is 0.841. The molecule has 5 nitrogen and oxygen atoms in total. The van der Waals surface area contributed by atoms with Crippen molar-refractivity contribution in [3.8, 4) is 5.75 Å². The summed E-state index contributed by atoms with van der Waals surface area (Å²) in [6.07, 6.45) is 1.75. The number of aromatic nitrogens is 2. The molecule has 0 aliphatic carbocycles. The minimum absolute atomic E-state index is 0.130. The van der Waals surface area contributed by atoms with Crippen LogP contribution in [0.25, 0.3) is 0 Å². The van der Waals surface area contributed by atoms with Gasteiger partial charge in [0.05, 0.1) is 24.0 Å². The second-order valence-electron chi connectivity index (χ2n) is 4.72. The lowest BCUT2D eigenvalue weighted by molar-refractivity contribution is 0.146. The summed E-state index contributed by atoms with van der Waals surface area (Å²) in [7, 11) is 1.67. The minimum atomic E-state index is 0.130. The van der Waals surface area contributed by atoms with E-state index in [2.05, 4.69) is 28.5 Å². The average molecular weight is 275 g/mol. The van der Waals surface area contributed by atoms with E-state index in [-0.39, 0.29) is 6.04 Å². The number of nitrogens with zero attached hydrogens (tertiary/aromatic N) is 1. The van der Waals surface area contributed by atoms with Gasteiger partial charge in [-0.05, 0) is 37.6 Å². The number of rotatable bonds is 7. The number of nitrogens with one attached hydrogen (secondary N) is 2. The highest BCUT2D eigenvalue weighted by Gasteiger charge is 2.10. The molecule has 5 heteroatoms. The minimum Gasteiger partial charge on any atom is -0.489 e. The first-order valence-corrected chi connectivity index (χ1v) is 6.69. The van der Waals surface area contributed by atoms with Crippen LogP contribution in [0.2, 0.25) is 0 Å². The van der Waals surface area contributed by atoms with Gasteiger partial charge >= 0.3 is 0 Å². The van der Waals surface area contributed by atoms with Crippen molar-refractivity contribution in [1.82, 2.24) is 10.2 Å². The molecule has 1 heterocycles. The van der Waals surface area contributed by atoms with Gasteiger partial charge in [-0.1, -0.05) is 6.07 Å². The zero-order valence-electron chi connectivity index (χ0n) is 12.1. The summed E-state index contributed by atoms with van der Waals surface area (Å²) >= 11 is 0. The third-order valence-corrected chi connectivity index (χ3v) is 3.04. The number of anilines is 1. The van der Waals surface area contributed by atoms with Crippen LogP contribution in [0.5, 0.6) is 5.75 Å². The number of aromatic amines is 1. The number of methoxy groups -OCH3 is 1. The van der Waals surface area contributed by atoms with Crippen LogP contribution in [0.15, 0.2) is 30.5 Å². The highest BCUT2D eigenvalue weighted by Crippen LogP contribution is 2.29. The zero-order chi connectivity index (χ0) is 14.4. The Labute approximate surface area is 119 Å². The Hall–Kier alpha value is -2.01. The summed E-state index contributed by atoms with van der Waals surface area (Å²) in [6.45, 7) is 5.23. The number of hydrogen-bond donors (Lipinski definition) is 2. The van der Waals surface area contributed by atoms with Gasteiger partial charge < -0.3 is 14.8 Å². The van der Waals surface area contributed by atoms with E-state index < -0.39 is 0 Å². The highest BCUT2D eigenvalue weighted by molar-refractivity contribution is 5.58. The lowest BCUT2D eigenvalue weighted by Gasteiger charge is -2.18. The van der Waals surface area contributed by atoms with Crippen LogP contribution >= 0.6 is 0 Å². The molecule has 20 heavy (non-hydrogen) atoms. The van der Waals surface area contributed by atoms with Crippen LogP contribution in [0.3, 0.4) is 0 Å². The number of benzene rings is 1. The fraction of sp³-hybridized carbons (Fsp3) is 0.400. The average Bonchev–Trinajstić information content (AvgIpc) is 2.96. The van der Waals surface area contributed by atoms with Gasteiger partial charge in [0.2, 0.25) is 0 Å². The van der Waals surface area contributed by atoms with Gasteiger partial charge in [0.1, 0.15) is 12.4 Å². The molecule has 2 N–H and O–H groups in total. The molecule has 1 unspecified atom stereocenters. The SMILES string of the molecule is COCCOc1cc(C)ccc1NC(C)c1ccn[nH]1. The molecule has 0 aliphatic rings. The van der Waals surface area contributed by atoms with Gasteiger partial charge in [0.15, 0.2) is 0 Å². The Morgan fingerprint density at radius 1 is 1.30 bits per heavy atom. The van der Waals surface area contributed by atoms with E-state index in [0.717, 1.165) is 22.7 Å². The van der Waals surface area contributed by atoms with Crippen molar-refractivity contribution in [2.24, 2.45) is 0 Å². The van der Waals surface area contributed by atoms with Gasteiger partial charge in [-0.3, -0.25) is 5.10 Å². The van der Waals surface area contributed by atoms with E-state index in [4.69, 9.17) is 9.47 Å². The quantitative estimate of drug-likeness (QED) is 0.763. The van der Waals surface area contributed by atoms with E-state index >= 15 is 0 Å². The highest BCUT2D eigenvalue weighted by atomic mass is 16.5.